The van der Waals surface area contributed by atoms with Crippen molar-refractivity contribution in [2.24, 2.45) is 5.73 Å². The van der Waals surface area contributed by atoms with Crippen LogP contribution in [-0.4, -0.2) is 35.1 Å². The lowest BCUT2D eigenvalue weighted by Crippen LogP contribution is -2.51. The van der Waals surface area contributed by atoms with Crippen LogP contribution >= 0.6 is 23.4 Å². The summed E-state index contributed by atoms with van der Waals surface area (Å²) in [6, 6.07) is 2.87. The van der Waals surface area contributed by atoms with E-state index >= 15 is 0 Å². The van der Waals surface area contributed by atoms with Gasteiger partial charge in [-0.2, -0.15) is 13.2 Å². The number of hydrogen-bond acceptors (Lipinski definition) is 3. The number of carbonyl (C=O) groups is 2. The minimum atomic E-state index is -4.55. The first-order valence-electron chi connectivity index (χ1n) is 7.28. The Morgan fingerprint density at radius 3 is 2.67 bits per heavy atom. The number of thioether (sulfide) groups is 1. The monoisotopic (exact) mass is 380 g/mol. The molecule has 2 rings (SSSR count). The quantitative estimate of drug-likeness (QED) is 0.815. The van der Waals surface area contributed by atoms with Crippen molar-refractivity contribution in [2.75, 3.05) is 12.3 Å². The molecule has 9 heteroatoms. The van der Waals surface area contributed by atoms with Crippen LogP contribution in [0.2, 0.25) is 5.02 Å². The minimum absolute atomic E-state index is 0.0668. The molecular formula is C15H16ClF3N2O2S. The number of hydrogen-bond donors (Lipinski definition) is 1. The van der Waals surface area contributed by atoms with E-state index in [0.717, 1.165) is 36.7 Å². The second-order valence-electron chi connectivity index (χ2n) is 5.43. The number of nitrogens with zero attached hydrogens (tertiary/aromatic N) is 1. The number of primary amides is 1. The number of amides is 2. The molecule has 0 aliphatic carbocycles. The molecule has 24 heavy (non-hydrogen) atoms. The predicted octanol–water partition coefficient (Wildman–Crippen LogP) is 3.32. The number of halogens is 4. The highest BCUT2D eigenvalue weighted by Crippen LogP contribution is 2.37. The Balaban J connectivity index is 2.05. The van der Waals surface area contributed by atoms with Crippen LogP contribution in [0.5, 0.6) is 0 Å². The van der Waals surface area contributed by atoms with Crippen LogP contribution in [0.25, 0.3) is 0 Å². The summed E-state index contributed by atoms with van der Waals surface area (Å²) >= 11 is 6.54. The van der Waals surface area contributed by atoms with Gasteiger partial charge in [-0.25, -0.2) is 0 Å². The van der Waals surface area contributed by atoms with Gasteiger partial charge in [0, 0.05) is 11.4 Å². The van der Waals surface area contributed by atoms with Crippen LogP contribution in [0.3, 0.4) is 0 Å². The Labute approximate surface area is 146 Å². The Morgan fingerprint density at radius 1 is 1.33 bits per heavy atom. The fourth-order valence-corrected chi connectivity index (χ4v) is 3.61. The Hall–Kier alpha value is -1.41. The molecule has 0 radical (unpaired) electrons. The third-order valence-electron chi connectivity index (χ3n) is 3.76. The molecule has 0 unspecified atom stereocenters. The highest BCUT2D eigenvalue weighted by molar-refractivity contribution is 8.00. The second-order valence-corrected chi connectivity index (χ2v) is 6.89. The van der Waals surface area contributed by atoms with Gasteiger partial charge in [0.15, 0.2) is 0 Å². The molecule has 1 fully saturated rings. The molecule has 2 amide bonds. The third-order valence-corrected chi connectivity index (χ3v) is 5.07. The van der Waals surface area contributed by atoms with Crippen molar-refractivity contribution in [3.63, 3.8) is 0 Å². The maximum Gasteiger partial charge on any atom is 0.417 e. The molecule has 132 valence electrons. The first-order chi connectivity index (χ1) is 11.2. The van der Waals surface area contributed by atoms with E-state index < -0.39 is 23.7 Å². The van der Waals surface area contributed by atoms with Crippen LogP contribution < -0.4 is 5.73 Å². The predicted molar refractivity (Wildman–Crippen MR) is 85.7 cm³/mol. The van der Waals surface area contributed by atoms with Crippen molar-refractivity contribution in [3.05, 3.63) is 28.8 Å². The lowest BCUT2D eigenvalue weighted by atomic mass is 10.0. The molecule has 1 atom stereocenters. The van der Waals surface area contributed by atoms with Gasteiger partial charge in [-0.15, -0.1) is 11.8 Å². The van der Waals surface area contributed by atoms with E-state index in [2.05, 4.69) is 0 Å². The van der Waals surface area contributed by atoms with Crippen molar-refractivity contribution < 1.29 is 22.8 Å². The Bertz CT molecular complexity index is 640. The third kappa shape index (κ3) is 4.57. The fourth-order valence-electron chi connectivity index (χ4n) is 2.57. The number of nitrogens with two attached hydrogens (primary N) is 1. The molecule has 1 aromatic carbocycles. The van der Waals surface area contributed by atoms with E-state index in [1.165, 1.54) is 11.0 Å². The van der Waals surface area contributed by atoms with Crippen molar-refractivity contribution in [1.29, 1.82) is 0 Å². The summed E-state index contributed by atoms with van der Waals surface area (Å²) < 4.78 is 38.5. The zero-order valence-electron chi connectivity index (χ0n) is 12.6. The average molecular weight is 381 g/mol. The zero-order chi connectivity index (χ0) is 17.9. The van der Waals surface area contributed by atoms with Crippen LogP contribution in [0.4, 0.5) is 13.2 Å². The maximum atomic E-state index is 12.8. The molecule has 4 nitrogen and oxygen atoms in total. The average Bonchev–Trinajstić information content (AvgIpc) is 2.52. The minimum Gasteiger partial charge on any atom is -0.368 e. The number of benzene rings is 1. The number of alkyl halides is 3. The molecule has 1 aliphatic rings. The maximum absolute atomic E-state index is 12.8. The summed E-state index contributed by atoms with van der Waals surface area (Å²) in [4.78, 5) is 25.4. The first kappa shape index (κ1) is 18.9. The van der Waals surface area contributed by atoms with E-state index in [1.807, 2.05) is 0 Å². The molecule has 2 N–H and O–H groups in total. The van der Waals surface area contributed by atoms with Crippen LogP contribution in [-0.2, 0) is 15.8 Å². The van der Waals surface area contributed by atoms with Crippen LogP contribution in [0, 0.1) is 0 Å². The van der Waals surface area contributed by atoms with Gasteiger partial charge < -0.3 is 10.6 Å². The van der Waals surface area contributed by atoms with Crippen molar-refractivity contribution in [1.82, 2.24) is 4.90 Å². The highest BCUT2D eigenvalue weighted by atomic mass is 35.5. The van der Waals surface area contributed by atoms with E-state index in [1.54, 1.807) is 0 Å². The van der Waals surface area contributed by atoms with Crippen molar-refractivity contribution in [3.8, 4) is 0 Å². The summed E-state index contributed by atoms with van der Waals surface area (Å²) in [6.45, 7) is 0.432. The molecule has 1 heterocycles. The Kier molecular flexibility index (Phi) is 6.03. The molecule has 0 aromatic heterocycles. The summed E-state index contributed by atoms with van der Waals surface area (Å²) in [6.07, 6.45) is -2.44. The highest BCUT2D eigenvalue weighted by Gasteiger charge is 2.34. The lowest BCUT2D eigenvalue weighted by molar-refractivity contribution is -0.138. The molecule has 1 aliphatic heterocycles. The second kappa shape index (κ2) is 7.65. The van der Waals surface area contributed by atoms with Gasteiger partial charge in [0.1, 0.15) is 6.04 Å². The van der Waals surface area contributed by atoms with E-state index in [4.69, 9.17) is 17.3 Å². The number of carbonyl (C=O) groups excluding carboxylic acids is 2. The van der Waals surface area contributed by atoms with E-state index in [-0.39, 0.29) is 21.6 Å². The van der Waals surface area contributed by atoms with Gasteiger partial charge in [0.25, 0.3) is 0 Å². The number of likely N-dealkylation sites (tertiary alicyclic amines) is 1. The van der Waals surface area contributed by atoms with Crippen LogP contribution in [0.1, 0.15) is 24.8 Å². The summed E-state index contributed by atoms with van der Waals surface area (Å²) in [7, 11) is 0. The van der Waals surface area contributed by atoms with Gasteiger partial charge in [0.05, 0.1) is 16.3 Å². The van der Waals surface area contributed by atoms with E-state index in [9.17, 15) is 22.8 Å². The molecule has 0 bridgehead atoms. The van der Waals surface area contributed by atoms with Gasteiger partial charge in [-0.1, -0.05) is 11.6 Å². The molecule has 1 saturated heterocycles. The normalized spacial score (nSPS) is 18.5. The molecular weight excluding hydrogens is 365 g/mol. The number of piperidine rings is 1. The van der Waals surface area contributed by atoms with Crippen molar-refractivity contribution >= 4 is 35.2 Å². The molecule has 0 spiro atoms. The topological polar surface area (TPSA) is 63.4 Å². The van der Waals surface area contributed by atoms with Crippen molar-refractivity contribution in [2.45, 2.75) is 36.4 Å². The SMILES string of the molecule is NC(=O)[C@@H]1CCCCN1C(=O)CSc1ccc(Cl)c(C(F)(F)F)c1. The van der Waals surface area contributed by atoms with Gasteiger partial charge in [-0.3, -0.25) is 9.59 Å². The standard InChI is InChI=1S/C15H16ClF3N2O2S/c16-11-5-4-9(7-10(11)15(17,18)19)24-8-13(22)21-6-2-1-3-12(21)14(20)23/h4-5,7,12H,1-3,6,8H2,(H2,20,23)/t12-/m0/s1. The lowest BCUT2D eigenvalue weighted by Gasteiger charge is -2.33. The fraction of sp³-hybridized carbons (Fsp3) is 0.467. The Morgan fingerprint density at radius 2 is 2.04 bits per heavy atom. The molecule has 1 aromatic rings. The summed E-state index contributed by atoms with van der Waals surface area (Å²) in [5.74, 6) is -0.936. The zero-order valence-corrected chi connectivity index (χ0v) is 14.2. The number of rotatable bonds is 4. The van der Waals surface area contributed by atoms with E-state index in [0.29, 0.717) is 13.0 Å². The smallest absolute Gasteiger partial charge is 0.368 e. The van der Waals surface area contributed by atoms with Gasteiger partial charge in [0.2, 0.25) is 11.8 Å². The molecule has 0 saturated carbocycles. The van der Waals surface area contributed by atoms with Gasteiger partial charge in [-0.05, 0) is 37.5 Å². The largest absolute Gasteiger partial charge is 0.417 e. The summed E-state index contributed by atoms with van der Waals surface area (Å²) in [5, 5.41) is -0.386. The first-order valence-corrected chi connectivity index (χ1v) is 8.65. The van der Waals surface area contributed by atoms with Crippen LogP contribution in [0.15, 0.2) is 23.1 Å². The summed E-state index contributed by atoms with van der Waals surface area (Å²) in [5.41, 5.74) is 4.37. The van der Waals surface area contributed by atoms with Gasteiger partial charge >= 0.3 is 6.18 Å².